The zero-order chi connectivity index (χ0) is 10.7. The number of nitro benzene ring substituents is 1. The maximum absolute atomic E-state index is 10.5. The molecule has 0 aromatic heterocycles. The Balaban J connectivity index is 3.19. The van der Waals surface area contributed by atoms with E-state index in [1.54, 1.807) is 6.07 Å². The molecule has 0 heterocycles. The highest BCUT2D eigenvalue weighted by atomic mass is 79.9. The number of alkyl halides is 1. The Labute approximate surface area is 93.1 Å². The molecule has 0 radical (unpaired) electrons. The summed E-state index contributed by atoms with van der Waals surface area (Å²) in [4.78, 5) is 19.8. The van der Waals surface area contributed by atoms with E-state index in [1.807, 2.05) is 0 Å². The fourth-order valence-electron chi connectivity index (χ4n) is 0.920. The fourth-order valence-corrected chi connectivity index (χ4v) is 1.39. The van der Waals surface area contributed by atoms with E-state index < -0.39 is 9.75 Å². The van der Waals surface area contributed by atoms with Gasteiger partial charge in [0.15, 0.2) is 0 Å². The van der Waals surface area contributed by atoms with Crippen LogP contribution in [0.5, 0.6) is 0 Å². The summed E-state index contributed by atoms with van der Waals surface area (Å²) in [5.41, 5.74) is 0.312. The Bertz CT molecular complexity index is 383. The predicted octanol–water partition coefficient (Wildman–Crippen LogP) is 2.88. The van der Waals surface area contributed by atoms with Crippen LogP contribution in [0.4, 0.5) is 5.69 Å². The van der Waals surface area contributed by atoms with Crippen LogP contribution >= 0.6 is 27.5 Å². The average molecular weight is 278 g/mol. The maximum Gasteiger partial charge on any atom is 0.288 e. The van der Waals surface area contributed by atoms with E-state index in [0.717, 1.165) is 0 Å². The number of aldehydes is 1. The number of rotatable bonds is 3. The SMILES string of the molecule is O=CC(Br)c1ccc(Cl)c([N+](=O)[O-])c1. The normalized spacial score (nSPS) is 12.1. The van der Waals surface area contributed by atoms with Gasteiger partial charge in [0.05, 0.1) is 9.75 Å². The maximum atomic E-state index is 10.5. The van der Waals surface area contributed by atoms with Crippen LogP contribution in [0.1, 0.15) is 10.4 Å². The van der Waals surface area contributed by atoms with Crippen LogP contribution in [0, 0.1) is 10.1 Å². The molecule has 0 bridgehead atoms. The molecule has 0 aliphatic carbocycles. The van der Waals surface area contributed by atoms with Gasteiger partial charge in [-0.1, -0.05) is 33.6 Å². The highest BCUT2D eigenvalue weighted by molar-refractivity contribution is 9.09. The molecule has 6 heteroatoms. The molecule has 1 atom stereocenters. The fraction of sp³-hybridized carbons (Fsp3) is 0.125. The van der Waals surface area contributed by atoms with Crippen LogP contribution < -0.4 is 0 Å². The van der Waals surface area contributed by atoms with Crippen molar-refractivity contribution in [3.8, 4) is 0 Å². The number of nitrogens with zero attached hydrogens (tertiary/aromatic N) is 1. The molecule has 74 valence electrons. The molecule has 0 spiro atoms. The molecule has 14 heavy (non-hydrogen) atoms. The lowest BCUT2D eigenvalue weighted by molar-refractivity contribution is -0.384. The molecule has 0 N–H and O–H groups in total. The summed E-state index contributed by atoms with van der Waals surface area (Å²) >= 11 is 8.65. The summed E-state index contributed by atoms with van der Waals surface area (Å²) in [5, 5.41) is 10.6. The van der Waals surface area contributed by atoms with E-state index in [9.17, 15) is 14.9 Å². The van der Waals surface area contributed by atoms with E-state index in [4.69, 9.17) is 11.6 Å². The first kappa shape index (κ1) is 11.1. The molecule has 4 nitrogen and oxygen atoms in total. The van der Waals surface area contributed by atoms with Crippen LogP contribution in [-0.2, 0) is 4.79 Å². The molecule has 0 amide bonds. The summed E-state index contributed by atoms with van der Waals surface area (Å²) in [6.45, 7) is 0. The molecule has 0 aliphatic heterocycles. The monoisotopic (exact) mass is 277 g/mol. The van der Waals surface area contributed by atoms with Crippen molar-refractivity contribution in [1.29, 1.82) is 0 Å². The van der Waals surface area contributed by atoms with Crippen molar-refractivity contribution < 1.29 is 9.72 Å². The molecule has 0 saturated carbocycles. The average Bonchev–Trinajstić information content (AvgIpc) is 2.17. The molecule has 1 aromatic carbocycles. The largest absolute Gasteiger partial charge is 0.302 e. The van der Waals surface area contributed by atoms with Crippen molar-refractivity contribution in [3.63, 3.8) is 0 Å². The Morgan fingerprint density at radius 1 is 1.57 bits per heavy atom. The first-order valence-corrected chi connectivity index (χ1v) is 4.89. The molecule has 0 saturated heterocycles. The number of hydrogen-bond donors (Lipinski definition) is 0. The lowest BCUT2D eigenvalue weighted by atomic mass is 10.1. The van der Waals surface area contributed by atoms with E-state index in [2.05, 4.69) is 15.9 Å². The predicted molar refractivity (Wildman–Crippen MR) is 55.8 cm³/mol. The second-order valence-corrected chi connectivity index (χ2v) is 3.90. The molecule has 1 rings (SSSR count). The van der Waals surface area contributed by atoms with E-state index in [-0.39, 0.29) is 10.7 Å². The minimum atomic E-state index is -0.587. The van der Waals surface area contributed by atoms with Crippen LogP contribution in [0.15, 0.2) is 18.2 Å². The summed E-state index contributed by atoms with van der Waals surface area (Å²) < 4.78 is 0. The van der Waals surface area contributed by atoms with Crippen LogP contribution in [-0.4, -0.2) is 11.2 Å². The van der Waals surface area contributed by atoms with Gasteiger partial charge in [-0.2, -0.15) is 0 Å². The third kappa shape index (κ3) is 2.30. The standard InChI is InChI=1S/C8H5BrClNO3/c9-6(4-12)5-1-2-7(10)8(3-5)11(13)14/h1-4,6H. The van der Waals surface area contributed by atoms with Gasteiger partial charge in [-0.05, 0) is 11.6 Å². The van der Waals surface area contributed by atoms with Gasteiger partial charge in [0, 0.05) is 6.07 Å². The van der Waals surface area contributed by atoms with Gasteiger partial charge in [0.1, 0.15) is 11.3 Å². The summed E-state index contributed by atoms with van der Waals surface area (Å²) in [6.07, 6.45) is 0.646. The quantitative estimate of drug-likeness (QED) is 0.370. The number of carbonyl (C=O) groups is 1. The number of benzene rings is 1. The number of nitro groups is 1. The van der Waals surface area contributed by atoms with Crippen molar-refractivity contribution >= 4 is 39.5 Å². The Hall–Kier alpha value is -0.940. The Kier molecular flexibility index (Phi) is 3.60. The van der Waals surface area contributed by atoms with Crippen molar-refractivity contribution in [2.45, 2.75) is 4.83 Å². The Morgan fingerprint density at radius 2 is 2.21 bits per heavy atom. The summed E-state index contributed by atoms with van der Waals surface area (Å²) in [6, 6.07) is 4.23. The lowest BCUT2D eigenvalue weighted by Crippen LogP contribution is -1.94. The molecule has 1 aromatic rings. The third-order valence-electron chi connectivity index (χ3n) is 1.60. The third-order valence-corrected chi connectivity index (χ3v) is 2.67. The van der Waals surface area contributed by atoms with E-state index in [1.165, 1.54) is 12.1 Å². The van der Waals surface area contributed by atoms with Crippen LogP contribution in [0.3, 0.4) is 0 Å². The van der Waals surface area contributed by atoms with E-state index >= 15 is 0 Å². The van der Waals surface area contributed by atoms with Gasteiger partial charge in [0.25, 0.3) is 5.69 Å². The van der Waals surface area contributed by atoms with Crippen molar-refractivity contribution in [2.24, 2.45) is 0 Å². The van der Waals surface area contributed by atoms with Crippen LogP contribution in [0.25, 0.3) is 0 Å². The zero-order valence-corrected chi connectivity index (χ0v) is 9.16. The lowest BCUT2D eigenvalue weighted by Gasteiger charge is -2.02. The van der Waals surface area contributed by atoms with Gasteiger partial charge in [-0.3, -0.25) is 10.1 Å². The molecule has 0 fully saturated rings. The number of hydrogen-bond acceptors (Lipinski definition) is 3. The molecule has 1 unspecified atom stereocenters. The smallest absolute Gasteiger partial charge is 0.288 e. The van der Waals surface area contributed by atoms with Gasteiger partial charge < -0.3 is 4.79 Å². The second kappa shape index (κ2) is 4.52. The van der Waals surface area contributed by atoms with Crippen molar-refractivity contribution in [1.82, 2.24) is 0 Å². The highest BCUT2D eigenvalue weighted by Gasteiger charge is 2.15. The first-order chi connectivity index (χ1) is 6.56. The molecule has 0 aliphatic rings. The Morgan fingerprint density at radius 3 is 2.71 bits per heavy atom. The van der Waals surface area contributed by atoms with Gasteiger partial charge >= 0.3 is 0 Å². The molecular weight excluding hydrogens is 273 g/mol. The molecular formula is C8H5BrClNO3. The summed E-state index contributed by atoms with van der Waals surface area (Å²) in [5.74, 6) is 0. The minimum absolute atomic E-state index is 0.0596. The van der Waals surface area contributed by atoms with Gasteiger partial charge in [-0.25, -0.2) is 0 Å². The number of carbonyl (C=O) groups excluding carboxylic acids is 1. The first-order valence-electron chi connectivity index (χ1n) is 3.59. The zero-order valence-electron chi connectivity index (χ0n) is 6.81. The topological polar surface area (TPSA) is 60.2 Å². The van der Waals surface area contributed by atoms with Gasteiger partial charge in [0.2, 0.25) is 0 Å². The van der Waals surface area contributed by atoms with Crippen molar-refractivity contribution in [3.05, 3.63) is 38.9 Å². The van der Waals surface area contributed by atoms with Gasteiger partial charge in [-0.15, -0.1) is 0 Å². The van der Waals surface area contributed by atoms with E-state index in [0.29, 0.717) is 11.8 Å². The second-order valence-electron chi connectivity index (χ2n) is 2.51. The van der Waals surface area contributed by atoms with Crippen LogP contribution in [0.2, 0.25) is 5.02 Å². The highest BCUT2D eigenvalue weighted by Crippen LogP contribution is 2.29. The number of halogens is 2. The van der Waals surface area contributed by atoms with Crippen molar-refractivity contribution in [2.75, 3.05) is 0 Å². The minimum Gasteiger partial charge on any atom is -0.302 e. The summed E-state index contributed by atoms with van der Waals surface area (Å²) in [7, 11) is 0.